The predicted molar refractivity (Wildman–Crippen MR) is 54.9 cm³/mol. The lowest BCUT2D eigenvalue weighted by Gasteiger charge is -2.16. The molecule has 0 aromatic carbocycles. The normalized spacial score (nSPS) is 10.5. The van der Waals surface area contributed by atoms with Crippen LogP contribution < -0.4 is 0 Å². The van der Waals surface area contributed by atoms with Crippen LogP contribution >= 0.6 is 11.3 Å². The van der Waals surface area contributed by atoms with Crippen molar-refractivity contribution in [1.82, 2.24) is 4.90 Å². The van der Waals surface area contributed by atoms with Crippen LogP contribution in [0.25, 0.3) is 0 Å². The van der Waals surface area contributed by atoms with Gasteiger partial charge in [-0.15, -0.1) is 11.3 Å². The van der Waals surface area contributed by atoms with Crippen molar-refractivity contribution >= 4 is 23.3 Å². The number of carboxylic acid groups (broad SMARTS) is 2. The van der Waals surface area contributed by atoms with Crippen LogP contribution in [0.5, 0.6) is 0 Å². The molecular formula is C9H11NO4S. The largest absolute Gasteiger partial charge is 0.480 e. The van der Waals surface area contributed by atoms with Crippen LogP contribution in [0.4, 0.5) is 0 Å². The minimum absolute atomic E-state index is 0.260. The quantitative estimate of drug-likeness (QED) is 0.751. The van der Waals surface area contributed by atoms with E-state index >= 15 is 0 Å². The number of rotatable bonds is 6. The Labute approximate surface area is 90.6 Å². The van der Waals surface area contributed by atoms with E-state index < -0.39 is 11.9 Å². The summed E-state index contributed by atoms with van der Waals surface area (Å²) in [6.45, 7) is -0.162. The average Bonchev–Trinajstić information content (AvgIpc) is 2.53. The van der Waals surface area contributed by atoms with Crippen molar-refractivity contribution in [3.63, 3.8) is 0 Å². The molecule has 0 amide bonds. The molecule has 0 atom stereocenters. The Balaban J connectivity index is 2.55. The molecule has 6 heteroatoms. The van der Waals surface area contributed by atoms with Crippen LogP contribution in [0.3, 0.4) is 0 Å². The molecule has 1 aromatic rings. The van der Waals surface area contributed by atoms with Crippen molar-refractivity contribution in [3.05, 3.63) is 22.4 Å². The first kappa shape index (κ1) is 11.7. The molecule has 0 fully saturated rings. The second kappa shape index (κ2) is 5.47. The number of hydrogen-bond donors (Lipinski definition) is 2. The Hall–Kier alpha value is -1.40. The first-order valence-corrected chi connectivity index (χ1v) is 5.14. The Morgan fingerprint density at radius 3 is 2.27 bits per heavy atom. The third-order valence-corrected chi connectivity index (χ3v) is 2.54. The van der Waals surface area contributed by atoms with Gasteiger partial charge in [0, 0.05) is 11.4 Å². The SMILES string of the molecule is O=C(O)CN(CC(=O)O)Cc1cccs1. The van der Waals surface area contributed by atoms with E-state index in [0.29, 0.717) is 6.54 Å². The van der Waals surface area contributed by atoms with Gasteiger partial charge in [0.05, 0.1) is 13.1 Å². The van der Waals surface area contributed by atoms with Gasteiger partial charge in [0.2, 0.25) is 0 Å². The summed E-state index contributed by atoms with van der Waals surface area (Å²) in [5.41, 5.74) is 0. The zero-order chi connectivity index (χ0) is 11.3. The van der Waals surface area contributed by atoms with Crippen LogP contribution in [0.2, 0.25) is 0 Å². The highest BCUT2D eigenvalue weighted by atomic mass is 32.1. The summed E-state index contributed by atoms with van der Waals surface area (Å²) in [5.74, 6) is -2.04. The summed E-state index contributed by atoms with van der Waals surface area (Å²) in [5, 5.41) is 19.1. The number of hydrogen-bond acceptors (Lipinski definition) is 4. The first-order chi connectivity index (χ1) is 7.08. The fourth-order valence-electron chi connectivity index (χ4n) is 1.17. The van der Waals surface area contributed by atoms with E-state index in [9.17, 15) is 9.59 Å². The molecule has 15 heavy (non-hydrogen) atoms. The lowest BCUT2D eigenvalue weighted by molar-refractivity contribution is -0.141. The van der Waals surface area contributed by atoms with Gasteiger partial charge in [0.25, 0.3) is 0 Å². The third kappa shape index (κ3) is 4.57. The zero-order valence-corrected chi connectivity index (χ0v) is 8.74. The summed E-state index contributed by atoms with van der Waals surface area (Å²) in [7, 11) is 0. The van der Waals surface area contributed by atoms with Gasteiger partial charge in [-0.1, -0.05) is 6.07 Å². The van der Waals surface area contributed by atoms with Gasteiger partial charge in [-0.25, -0.2) is 0 Å². The summed E-state index contributed by atoms with van der Waals surface area (Å²) >= 11 is 1.48. The number of nitrogens with zero attached hydrogens (tertiary/aromatic N) is 1. The van der Waals surface area contributed by atoms with E-state index in [0.717, 1.165) is 4.88 Å². The monoisotopic (exact) mass is 229 g/mol. The van der Waals surface area contributed by atoms with E-state index in [1.807, 2.05) is 17.5 Å². The Morgan fingerprint density at radius 2 is 1.87 bits per heavy atom. The van der Waals surface area contributed by atoms with Crippen molar-refractivity contribution in [3.8, 4) is 0 Å². The van der Waals surface area contributed by atoms with Crippen LogP contribution in [-0.4, -0.2) is 40.1 Å². The zero-order valence-electron chi connectivity index (χ0n) is 7.92. The molecule has 2 N–H and O–H groups in total. The summed E-state index contributed by atoms with van der Waals surface area (Å²) < 4.78 is 0. The molecule has 0 saturated heterocycles. The van der Waals surface area contributed by atoms with E-state index in [-0.39, 0.29) is 13.1 Å². The maximum atomic E-state index is 10.5. The smallest absolute Gasteiger partial charge is 0.317 e. The Morgan fingerprint density at radius 1 is 1.27 bits per heavy atom. The lowest BCUT2D eigenvalue weighted by Crippen LogP contribution is -2.33. The van der Waals surface area contributed by atoms with Crippen LogP contribution in [0.1, 0.15) is 4.88 Å². The second-order valence-corrected chi connectivity index (χ2v) is 4.04. The highest BCUT2D eigenvalue weighted by Crippen LogP contribution is 2.11. The van der Waals surface area contributed by atoms with Crippen molar-refractivity contribution in [2.45, 2.75) is 6.54 Å². The first-order valence-electron chi connectivity index (χ1n) is 4.26. The summed E-state index contributed by atoms with van der Waals surface area (Å²) in [6, 6.07) is 3.70. The third-order valence-electron chi connectivity index (χ3n) is 1.68. The number of thiophene rings is 1. The molecule has 0 bridgehead atoms. The molecule has 1 heterocycles. The molecule has 0 radical (unpaired) electrons. The molecule has 1 aromatic heterocycles. The molecular weight excluding hydrogens is 218 g/mol. The maximum absolute atomic E-state index is 10.5. The van der Waals surface area contributed by atoms with Gasteiger partial charge in [0.1, 0.15) is 0 Å². The highest BCUT2D eigenvalue weighted by Gasteiger charge is 2.13. The molecule has 5 nitrogen and oxygen atoms in total. The van der Waals surface area contributed by atoms with Gasteiger partial charge in [-0.2, -0.15) is 0 Å². The van der Waals surface area contributed by atoms with Gasteiger partial charge >= 0.3 is 11.9 Å². The molecule has 0 saturated carbocycles. The molecule has 0 spiro atoms. The summed E-state index contributed by atoms with van der Waals surface area (Å²) in [4.78, 5) is 23.3. The standard InChI is InChI=1S/C9H11NO4S/c11-8(12)5-10(6-9(13)14)4-7-2-1-3-15-7/h1-3H,4-6H2,(H,11,12)(H,13,14). The number of carbonyl (C=O) groups is 2. The van der Waals surface area contributed by atoms with Gasteiger partial charge in [-0.3, -0.25) is 14.5 Å². The van der Waals surface area contributed by atoms with Crippen LogP contribution in [-0.2, 0) is 16.1 Å². The maximum Gasteiger partial charge on any atom is 0.317 e. The molecule has 0 aliphatic rings. The summed E-state index contributed by atoms with van der Waals surface area (Å²) in [6.07, 6.45) is 0. The molecule has 82 valence electrons. The Bertz CT molecular complexity index is 320. The highest BCUT2D eigenvalue weighted by molar-refractivity contribution is 7.09. The lowest BCUT2D eigenvalue weighted by atomic mass is 10.4. The fourth-order valence-corrected chi connectivity index (χ4v) is 1.92. The number of aliphatic carboxylic acids is 2. The topological polar surface area (TPSA) is 77.8 Å². The molecule has 0 aliphatic carbocycles. The van der Waals surface area contributed by atoms with Gasteiger partial charge in [-0.05, 0) is 11.4 Å². The van der Waals surface area contributed by atoms with Crippen molar-refractivity contribution < 1.29 is 19.8 Å². The molecule has 1 rings (SSSR count). The van der Waals surface area contributed by atoms with E-state index in [4.69, 9.17) is 10.2 Å². The van der Waals surface area contributed by atoms with E-state index in [1.165, 1.54) is 16.2 Å². The molecule has 0 unspecified atom stereocenters. The predicted octanol–water partition coefficient (Wildman–Crippen LogP) is 0.719. The fraction of sp³-hybridized carbons (Fsp3) is 0.333. The van der Waals surface area contributed by atoms with Crippen molar-refractivity contribution in [1.29, 1.82) is 0 Å². The van der Waals surface area contributed by atoms with E-state index in [2.05, 4.69) is 0 Å². The van der Waals surface area contributed by atoms with Crippen LogP contribution in [0.15, 0.2) is 17.5 Å². The second-order valence-electron chi connectivity index (χ2n) is 3.01. The van der Waals surface area contributed by atoms with Gasteiger partial charge in [0.15, 0.2) is 0 Å². The van der Waals surface area contributed by atoms with E-state index in [1.54, 1.807) is 0 Å². The minimum Gasteiger partial charge on any atom is -0.480 e. The van der Waals surface area contributed by atoms with Crippen LogP contribution in [0, 0.1) is 0 Å². The number of carboxylic acids is 2. The minimum atomic E-state index is -1.02. The average molecular weight is 229 g/mol. The van der Waals surface area contributed by atoms with Crippen molar-refractivity contribution in [2.24, 2.45) is 0 Å². The van der Waals surface area contributed by atoms with Gasteiger partial charge < -0.3 is 10.2 Å². The molecule has 0 aliphatic heterocycles. The Kier molecular flexibility index (Phi) is 4.26. The van der Waals surface area contributed by atoms with Crippen molar-refractivity contribution in [2.75, 3.05) is 13.1 Å².